The Morgan fingerprint density at radius 1 is 1.38 bits per heavy atom. The molecule has 1 atom stereocenters. The first-order chi connectivity index (χ1) is 9.95. The van der Waals surface area contributed by atoms with Crippen molar-refractivity contribution in [1.82, 2.24) is 14.7 Å². The summed E-state index contributed by atoms with van der Waals surface area (Å²) in [5.41, 5.74) is 0.529. The summed E-state index contributed by atoms with van der Waals surface area (Å²) in [6, 6.07) is -1.21. The molecular formula is C12H13N3O5S. The Kier molecular flexibility index (Phi) is 4.53. The number of carbonyl (C=O) groups excluding carboxylic acids is 1. The van der Waals surface area contributed by atoms with E-state index in [4.69, 9.17) is 10.2 Å². The van der Waals surface area contributed by atoms with Crippen LogP contribution in [0.3, 0.4) is 0 Å². The predicted octanol–water partition coefficient (Wildman–Crippen LogP) is 0.372. The third-order valence-corrected chi connectivity index (χ3v) is 3.54. The van der Waals surface area contributed by atoms with Crippen molar-refractivity contribution >= 4 is 34.1 Å². The zero-order valence-corrected chi connectivity index (χ0v) is 11.7. The molecule has 0 saturated heterocycles. The second kappa shape index (κ2) is 6.35. The standard InChI is InChI=1S/C12H13N3O5S/c16-9(14-8(11(19)20)1-2-10(17)18)5-7-6-15-3-4-21-12(15)13-7/h3-4,6,8H,1-2,5H2,(H,14,16)(H,17,18)(H,19,20)/t8-/m0/s1. The smallest absolute Gasteiger partial charge is 0.326 e. The minimum atomic E-state index is -1.25. The summed E-state index contributed by atoms with van der Waals surface area (Å²) < 4.78 is 1.77. The summed E-state index contributed by atoms with van der Waals surface area (Å²) in [6.45, 7) is 0. The summed E-state index contributed by atoms with van der Waals surface area (Å²) in [5.74, 6) is -2.86. The third-order valence-electron chi connectivity index (χ3n) is 2.77. The van der Waals surface area contributed by atoms with Gasteiger partial charge in [0, 0.05) is 24.2 Å². The van der Waals surface area contributed by atoms with Crippen molar-refractivity contribution in [1.29, 1.82) is 0 Å². The molecule has 9 heteroatoms. The maximum atomic E-state index is 11.8. The van der Waals surface area contributed by atoms with E-state index in [2.05, 4.69) is 10.3 Å². The van der Waals surface area contributed by atoms with Gasteiger partial charge >= 0.3 is 11.9 Å². The topological polar surface area (TPSA) is 121 Å². The van der Waals surface area contributed by atoms with Crippen molar-refractivity contribution in [2.45, 2.75) is 25.3 Å². The predicted molar refractivity (Wildman–Crippen MR) is 73.2 cm³/mol. The largest absolute Gasteiger partial charge is 0.481 e. The molecule has 0 aliphatic rings. The van der Waals surface area contributed by atoms with Crippen LogP contribution in [-0.4, -0.2) is 43.5 Å². The molecule has 0 radical (unpaired) electrons. The Morgan fingerprint density at radius 2 is 2.14 bits per heavy atom. The van der Waals surface area contributed by atoms with E-state index in [9.17, 15) is 14.4 Å². The normalized spacial score (nSPS) is 12.2. The molecule has 2 rings (SSSR count). The number of rotatable bonds is 7. The van der Waals surface area contributed by atoms with E-state index in [1.165, 1.54) is 11.3 Å². The number of carboxylic acid groups (broad SMARTS) is 2. The van der Waals surface area contributed by atoms with Gasteiger partial charge in [-0.25, -0.2) is 9.78 Å². The van der Waals surface area contributed by atoms with E-state index >= 15 is 0 Å². The molecule has 1 amide bonds. The van der Waals surface area contributed by atoms with Crippen LogP contribution in [-0.2, 0) is 20.8 Å². The number of hydrogen-bond donors (Lipinski definition) is 3. The van der Waals surface area contributed by atoms with Crippen molar-refractivity contribution in [2.75, 3.05) is 0 Å². The van der Waals surface area contributed by atoms with Crippen LogP contribution in [0.1, 0.15) is 18.5 Å². The van der Waals surface area contributed by atoms with Gasteiger partial charge in [-0.1, -0.05) is 0 Å². The number of amides is 1. The van der Waals surface area contributed by atoms with Crippen LogP contribution in [0.15, 0.2) is 17.8 Å². The number of nitrogens with zero attached hydrogens (tertiary/aromatic N) is 2. The molecule has 8 nitrogen and oxygen atoms in total. The molecule has 2 heterocycles. The number of carboxylic acids is 2. The fourth-order valence-corrected chi connectivity index (χ4v) is 2.52. The molecule has 0 aromatic carbocycles. The molecule has 0 aliphatic heterocycles. The Morgan fingerprint density at radius 3 is 2.76 bits per heavy atom. The zero-order valence-electron chi connectivity index (χ0n) is 10.9. The van der Waals surface area contributed by atoms with E-state index < -0.39 is 23.9 Å². The highest BCUT2D eigenvalue weighted by atomic mass is 32.1. The first kappa shape index (κ1) is 15.0. The number of fused-ring (bicyclic) bond motifs is 1. The number of carbonyl (C=O) groups is 3. The minimum Gasteiger partial charge on any atom is -0.481 e. The zero-order chi connectivity index (χ0) is 15.4. The van der Waals surface area contributed by atoms with Gasteiger partial charge in [0.25, 0.3) is 0 Å². The van der Waals surface area contributed by atoms with Crippen LogP contribution >= 0.6 is 11.3 Å². The van der Waals surface area contributed by atoms with E-state index in [1.54, 1.807) is 16.8 Å². The molecule has 0 unspecified atom stereocenters. The van der Waals surface area contributed by atoms with Crippen LogP contribution in [0.5, 0.6) is 0 Å². The molecule has 112 valence electrons. The lowest BCUT2D eigenvalue weighted by molar-refractivity contribution is -0.143. The van der Waals surface area contributed by atoms with Gasteiger partial charge in [-0.05, 0) is 6.42 Å². The molecule has 0 saturated carbocycles. The highest BCUT2D eigenvalue weighted by molar-refractivity contribution is 7.15. The summed E-state index contributed by atoms with van der Waals surface area (Å²) in [4.78, 5) is 38.2. The molecule has 0 bridgehead atoms. The lowest BCUT2D eigenvalue weighted by atomic mass is 10.1. The summed E-state index contributed by atoms with van der Waals surface area (Å²) in [5, 5.41) is 21.7. The fourth-order valence-electron chi connectivity index (χ4n) is 1.80. The third kappa shape index (κ3) is 4.02. The van der Waals surface area contributed by atoms with Crippen molar-refractivity contribution in [3.05, 3.63) is 23.5 Å². The van der Waals surface area contributed by atoms with Gasteiger partial charge in [0.1, 0.15) is 6.04 Å². The minimum absolute atomic E-state index is 0.0503. The molecule has 0 aliphatic carbocycles. The molecule has 0 spiro atoms. The lowest BCUT2D eigenvalue weighted by Gasteiger charge is -2.12. The van der Waals surface area contributed by atoms with E-state index in [0.29, 0.717) is 5.69 Å². The number of thiazole rings is 1. The summed E-state index contributed by atoms with van der Waals surface area (Å²) in [6.07, 6.45) is 2.97. The first-order valence-electron chi connectivity index (χ1n) is 6.10. The molecule has 0 fully saturated rings. The van der Waals surface area contributed by atoms with Crippen molar-refractivity contribution < 1.29 is 24.6 Å². The van der Waals surface area contributed by atoms with Crippen LogP contribution in [0.25, 0.3) is 4.96 Å². The average molecular weight is 311 g/mol. The van der Waals surface area contributed by atoms with Gasteiger partial charge in [0.2, 0.25) is 5.91 Å². The van der Waals surface area contributed by atoms with Crippen molar-refractivity contribution in [3.8, 4) is 0 Å². The van der Waals surface area contributed by atoms with Gasteiger partial charge in [-0.3, -0.25) is 14.0 Å². The first-order valence-corrected chi connectivity index (χ1v) is 6.98. The highest BCUT2D eigenvalue weighted by Gasteiger charge is 2.21. The monoisotopic (exact) mass is 311 g/mol. The Bertz CT molecular complexity index is 649. The summed E-state index contributed by atoms with van der Waals surface area (Å²) in [7, 11) is 0. The Labute approximate surface area is 123 Å². The maximum absolute atomic E-state index is 11.8. The number of aromatic nitrogens is 2. The van der Waals surface area contributed by atoms with E-state index in [1.807, 2.05) is 5.38 Å². The van der Waals surface area contributed by atoms with Gasteiger partial charge in [-0.15, -0.1) is 11.3 Å². The van der Waals surface area contributed by atoms with Gasteiger partial charge in [-0.2, -0.15) is 0 Å². The second-order valence-corrected chi connectivity index (χ2v) is 5.27. The van der Waals surface area contributed by atoms with Gasteiger partial charge in [0.05, 0.1) is 12.1 Å². The summed E-state index contributed by atoms with van der Waals surface area (Å²) >= 11 is 1.43. The highest BCUT2D eigenvalue weighted by Crippen LogP contribution is 2.11. The van der Waals surface area contributed by atoms with Crippen LogP contribution < -0.4 is 5.32 Å². The molecule has 21 heavy (non-hydrogen) atoms. The van der Waals surface area contributed by atoms with E-state index in [-0.39, 0.29) is 19.3 Å². The van der Waals surface area contributed by atoms with Crippen LogP contribution in [0.4, 0.5) is 0 Å². The number of imidazole rings is 1. The molecule has 2 aromatic rings. The molecule has 2 aromatic heterocycles. The SMILES string of the molecule is O=C(O)CC[C@H](NC(=O)Cc1cn2ccsc2n1)C(=O)O. The van der Waals surface area contributed by atoms with Crippen molar-refractivity contribution in [3.63, 3.8) is 0 Å². The average Bonchev–Trinajstić information content (AvgIpc) is 2.94. The molecule has 3 N–H and O–H groups in total. The Balaban J connectivity index is 1.93. The second-order valence-electron chi connectivity index (χ2n) is 4.39. The van der Waals surface area contributed by atoms with Gasteiger partial charge in [0.15, 0.2) is 4.96 Å². The van der Waals surface area contributed by atoms with Crippen molar-refractivity contribution in [2.24, 2.45) is 0 Å². The quantitative estimate of drug-likeness (QED) is 0.679. The maximum Gasteiger partial charge on any atom is 0.326 e. The van der Waals surface area contributed by atoms with E-state index in [0.717, 1.165) is 4.96 Å². The van der Waals surface area contributed by atoms with Gasteiger partial charge < -0.3 is 15.5 Å². The van der Waals surface area contributed by atoms with Crippen LogP contribution in [0, 0.1) is 0 Å². The lowest BCUT2D eigenvalue weighted by Crippen LogP contribution is -2.41. The number of hydrogen-bond acceptors (Lipinski definition) is 5. The molecular weight excluding hydrogens is 298 g/mol. The number of aliphatic carboxylic acids is 2. The van der Waals surface area contributed by atoms with Crippen LogP contribution in [0.2, 0.25) is 0 Å². The number of nitrogens with one attached hydrogen (secondary N) is 1. The fraction of sp³-hybridized carbons (Fsp3) is 0.333. The Hall–Kier alpha value is -2.42.